The molecule has 0 unspecified atom stereocenters. The van der Waals surface area contributed by atoms with Gasteiger partial charge in [-0.2, -0.15) is 0 Å². The standard InChI is InChI=1S/C30H48O2Si/c1-10-11-14-23-20-28(31-27-19-22(4)17-18-24(27)21(2)3)25-15-12-13-16-26(25)29(23)32-33(8,9)30(5,6)7/h12-13,15-16,20-22,24,27H,10-11,14,17-19H2,1-9H3/t22-,24+,27-/m0/s1. The Hall–Kier alpha value is -1.48. The van der Waals surface area contributed by atoms with Crippen molar-refractivity contribution in [3.63, 3.8) is 0 Å². The van der Waals surface area contributed by atoms with Crippen LogP contribution in [-0.2, 0) is 6.42 Å². The summed E-state index contributed by atoms with van der Waals surface area (Å²) in [6, 6.07) is 11.1. The van der Waals surface area contributed by atoms with Crippen LogP contribution >= 0.6 is 0 Å². The number of aryl methyl sites for hydroxylation is 1. The van der Waals surface area contributed by atoms with E-state index in [0.717, 1.165) is 30.3 Å². The molecular weight excluding hydrogens is 420 g/mol. The first-order chi connectivity index (χ1) is 15.4. The molecule has 0 aromatic heterocycles. The normalized spacial score (nSPS) is 22.1. The molecule has 0 bridgehead atoms. The molecule has 0 spiro atoms. The third-order valence-corrected chi connectivity index (χ3v) is 12.6. The molecule has 1 aliphatic rings. The summed E-state index contributed by atoms with van der Waals surface area (Å²) in [5.41, 5.74) is 1.32. The van der Waals surface area contributed by atoms with Crippen LogP contribution in [0.1, 0.15) is 86.1 Å². The van der Waals surface area contributed by atoms with E-state index in [1.54, 1.807) is 0 Å². The first kappa shape index (κ1) is 26.1. The third-order valence-electron chi connectivity index (χ3n) is 8.24. The van der Waals surface area contributed by atoms with Gasteiger partial charge in [0.2, 0.25) is 0 Å². The number of hydrogen-bond acceptors (Lipinski definition) is 2. The molecule has 1 aliphatic carbocycles. The van der Waals surface area contributed by atoms with Crippen molar-refractivity contribution >= 4 is 19.1 Å². The number of benzene rings is 2. The first-order valence-electron chi connectivity index (χ1n) is 13.3. The van der Waals surface area contributed by atoms with Gasteiger partial charge in [0.05, 0.1) is 0 Å². The topological polar surface area (TPSA) is 18.5 Å². The van der Waals surface area contributed by atoms with Gasteiger partial charge < -0.3 is 9.16 Å². The molecule has 1 fully saturated rings. The Morgan fingerprint density at radius 2 is 1.73 bits per heavy atom. The van der Waals surface area contributed by atoms with Gasteiger partial charge >= 0.3 is 0 Å². The molecule has 33 heavy (non-hydrogen) atoms. The maximum Gasteiger partial charge on any atom is 0.250 e. The van der Waals surface area contributed by atoms with Crippen molar-refractivity contribution in [2.45, 2.75) is 111 Å². The van der Waals surface area contributed by atoms with E-state index < -0.39 is 8.32 Å². The number of fused-ring (bicyclic) bond motifs is 1. The highest BCUT2D eigenvalue weighted by Gasteiger charge is 2.40. The van der Waals surface area contributed by atoms with Crippen molar-refractivity contribution in [2.75, 3.05) is 0 Å². The van der Waals surface area contributed by atoms with Crippen molar-refractivity contribution in [1.29, 1.82) is 0 Å². The predicted octanol–water partition coefficient (Wildman–Crippen LogP) is 9.41. The van der Waals surface area contributed by atoms with Crippen LogP contribution in [0.5, 0.6) is 11.5 Å². The van der Waals surface area contributed by atoms with Crippen molar-refractivity contribution in [3.05, 3.63) is 35.9 Å². The lowest BCUT2D eigenvalue weighted by atomic mass is 9.75. The SMILES string of the molecule is CCCCc1cc(O[C@H]2C[C@@H](C)CC[C@@H]2C(C)C)c2ccccc2c1O[Si](C)(C)C(C)(C)C. The summed E-state index contributed by atoms with van der Waals surface area (Å²) in [4.78, 5) is 0. The molecule has 2 nitrogen and oxygen atoms in total. The van der Waals surface area contributed by atoms with Gasteiger partial charge in [0.15, 0.2) is 0 Å². The Morgan fingerprint density at radius 1 is 1.06 bits per heavy atom. The van der Waals surface area contributed by atoms with Crippen molar-refractivity contribution < 1.29 is 9.16 Å². The van der Waals surface area contributed by atoms with Crippen LogP contribution < -0.4 is 9.16 Å². The van der Waals surface area contributed by atoms with Gasteiger partial charge in [0.25, 0.3) is 8.32 Å². The fourth-order valence-electron chi connectivity index (χ4n) is 4.96. The van der Waals surface area contributed by atoms with Gasteiger partial charge in [-0.1, -0.05) is 85.6 Å². The maximum atomic E-state index is 7.01. The molecule has 0 N–H and O–H groups in total. The lowest BCUT2D eigenvalue weighted by molar-refractivity contribution is 0.0471. The average Bonchev–Trinajstić information content (AvgIpc) is 2.73. The van der Waals surface area contributed by atoms with Gasteiger partial charge in [0, 0.05) is 10.8 Å². The number of rotatable bonds is 8. The van der Waals surface area contributed by atoms with E-state index in [-0.39, 0.29) is 5.04 Å². The Bertz CT molecular complexity index is 925. The number of ether oxygens (including phenoxy) is 1. The molecule has 3 heteroatoms. The summed E-state index contributed by atoms with van der Waals surface area (Å²) in [7, 11) is -1.97. The molecular formula is C30H48O2Si. The van der Waals surface area contributed by atoms with Crippen molar-refractivity contribution in [2.24, 2.45) is 17.8 Å². The highest BCUT2D eigenvalue weighted by Crippen LogP contribution is 2.45. The van der Waals surface area contributed by atoms with Crippen LogP contribution in [0.25, 0.3) is 10.8 Å². The predicted molar refractivity (Wildman–Crippen MR) is 146 cm³/mol. The molecule has 2 aromatic rings. The number of hydrogen-bond donors (Lipinski definition) is 0. The van der Waals surface area contributed by atoms with E-state index in [0.29, 0.717) is 17.9 Å². The molecule has 1 saturated carbocycles. The lowest BCUT2D eigenvalue weighted by Crippen LogP contribution is -2.44. The minimum atomic E-state index is -1.97. The highest BCUT2D eigenvalue weighted by atomic mass is 28.4. The minimum absolute atomic E-state index is 0.161. The molecule has 2 aromatic carbocycles. The van der Waals surface area contributed by atoms with E-state index in [1.165, 1.54) is 42.0 Å². The van der Waals surface area contributed by atoms with Crippen LogP contribution in [0.2, 0.25) is 18.1 Å². The van der Waals surface area contributed by atoms with Crippen LogP contribution in [0.15, 0.2) is 30.3 Å². The maximum absolute atomic E-state index is 7.01. The second kappa shape index (κ2) is 10.4. The van der Waals surface area contributed by atoms with Gasteiger partial charge in [-0.15, -0.1) is 0 Å². The van der Waals surface area contributed by atoms with Crippen molar-refractivity contribution in [1.82, 2.24) is 0 Å². The molecule has 0 saturated heterocycles. The van der Waals surface area contributed by atoms with Gasteiger partial charge in [-0.3, -0.25) is 0 Å². The molecule has 0 aliphatic heterocycles. The zero-order chi connectivity index (χ0) is 24.4. The Kier molecular flexibility index (Phi) is 8.25. The fourth-order valence-corrected chi connectivity index (χ4v) is 6.02. The summed E-state index contributed by atoms with van der Waals surface area (Å²) >= 11 is 0. The summed E-state index contributed by atoms with van der Waals surface area (Å²) in [6.45, 7) is 21.0. The zero-order valence-corrected chi connectivity index (χ0v) is 23.8. The van der Waals surface area contributed by atoms with E-state index >= 15 is 0 Å². The van der Waals surface area contributed by atoms with Gasteiger partial charge in [-0.05, 0) is 73.2 Å². The fraction of sp³-hybridized carbons (Fsp3) is 0.667. The first-order valence-corrected chi connectivity index (χ1v) is 16.3. The monoisotopic (exact) mass is 468 g/mol. The van der Waals surface area contributed by atoms with Gasteiger partial charge in [-0.25, -0.2) is 0 Å². The summed E-state index contributed by atoms with van der Waals surface area (Å²) in [5, 5.41) is 2.58. The molecule has 0 amide bonds. The molecule has 184 valence electrons. The molecule has 0 radical (unpaired) electrons. The Balaban J connectivity index is 2.10. The van der Waals surface area contributed by atoms with E-state index in [2.05, 4.69) is 91.9 Å². The van der Waals surface area contributed by atoms with Crippen molar-refractivity contribution in [3.8, 4) is 11.5 Å². The second-order valence-corrected chi connectivity index (χ2v) is 17.1. The Morgan fingerprint density at radius 3 is 2.33 bits per heavy atom. The highest BCUT2D eigenvalue weighted by molar-refractivity contribution is 6.74. The van der Waals surface area contributed by atoms with E-state index in [1.807, 2.05) is 0 Å². The summed E-state index contributed by atoms with van der Waals surface area (Å²) < 4.78 is 14.0. The summed E-state index contributed by atoms with van der Waals surface area (Å²) in [6.07, 6.45) is 7.43. The Labute approximate surface area is 204 Å². The molecule has 3 rings (SSSR count). The summed E-state index contributed by atoms with van der Waals surface area (Å²) in [5.74, 6) is 4.17. The molecule has 3 atom stereocenters. The largest absolute Gasteiger partial charge is 0.543 e. The van der Waals surface area contributed by atoms with Gasteiger partial charge in [0.1, 0.15) is 17.6 Å². The average molecular weight is 469 g/mol. The third kappa shape index (κ3) is 5.96. The molecule has 0 heterocycles. The van der Waals surface area contributed by atoms with Crippen LogP contribution in [-0.4, -0.2) is 14.4 Å². The second-order valence-electron chi connectivity index (χ2n) is 12.4. The quantitative estimate of drug-likeness (QED) is 0.359. The van der Waals surface area contributed by atoms with Crippen LogP contribution in [0.4, 0.5) is 0 Å². The van der Waals surface area contributed by atoms with Crippen LogP contribution in [0.3, 0.4) is 0 Å². The lowest BCUT2D eigenvalue weighted by Gasteiger charge is -2.39. The van der Waals surface area contributed by atoms with Crippen LogP contribution in [0, 0.1) is 17.8 Å². The zero-order valence-electron chi connectivity index (χ0n) is 22.8. The van der Waals surface area contributed by atoms with E-state index in [9.17, 15) is 0 Å². The van der Waals surface area contributed by atoms with E-state index in [4.69, 9.17) is 9.16 Å². The minimum Gasteiger partial charge on any atom is -0.543 e. The smallest absolute Gasteiger partial charge is 0.250 e. The number of unbranched alkanes of at least 4 members (excludes halogenated alkanes) is 1.